The molecule has 0 amide bonds. The minimum absolute atomic E-state index is 0.734. The summed E-state index contributed by atoms with van der Waals surface area (Å²) < 4.78 is 1.09. The maximum atomic E-state index is 6.11. The summed E-state index contributed by atoms with van der Waals surface area (Å²) >= 11 is 11.2. The molecule has 3 aromatic carbocycles. The van der Waals surface area contributed by atoms with Gasteiger partial charge in [-0.1, -0.05) is 0 Å². The van der Waals surface area contributed by atoms with E-state index >= 15 is 0 Å². The summed E-state index contributed by atoms with van der Waals surface area (Å²) in [5, 5.41) is 7.85. The van der Waals surface area contributed by atoms with Crippen LogP contribution in [-0.2, 0) is 0 Å². The standard InChI is InChI=1S/C19H14ClN2PSSe/c20-14-11-12-17-18(13-14)24-19(21-17)22-23(25,15-7-3-1-4-8-15)16-9-5-2-6-10-16/h1-13H,(H,21,22,25). The summed E-state index contributed by atoms with van der Waals surface area (Å²) in [4.78, 5) is 4.75. The van der Waals surface area contributed by atoms with Crippen molar-refractivity contribution in [2.45, 2.75) is 0 Å². The van der Waals surface area contributed by atoms with E-state index in [-0.39, 0.29) is 0 Å². The van der Waals surface area contributed by atoms with Crippen LogP contribution in [0.3, 0.4) is 0 Å². The van der Waals surface area contributed by atoms with Crippen molar-refractivity contribution in [3.8, 4) is 0 Å². The van der Waals surface area contributed by atoms with Gasteiger partial charge in [-0.2, -0.15) is 0 Å². The number of aromatic nitrogens is 1. The van der Waals surface area contributed by atoms with Crippen LogP contribution in [0.2, 0.25) is 5.02 Å². The van der Waals surface area contributed by atoms with Gasteiger partial charge in [0, 0.05) is 0 Å². The van der Waals surface area contributed by atoms with Crippen LogP contribution in [0.5, 0.6) is 0 Å². The SMILES string of the molecule is Clc1ccc2nc(NP(=[Se])(c3ccccc3)c3ccccc3)sc2c1. The third-order valence-corrected chi connectivity index (χ3v) is 11.0. The summed E-state index contributed by atoms with van der Waals surface area (Å²) in [7, 11) is 0. The molecule has 6 heteroatoms. The second-order valence-electron chi connectivity index (χ2n) is 5.52. The third kappa shape index (κ3) is 3.46. The molecule has 0 atom stereocenters. The first kappa shape index (κ1) is 17.0. The van der Waals surface area contributed by atoms with Gasteiger partial charge in [-0.3, -0.25) is 0 Å². The number of nitrogens with one attached hydrogen (secondary N) is 1. The van der Waals surface area contributed by atoms with E-state index in [1.54, 1.807) is 11.3 Å². The normalized spacial score (nSPS) is 11.6. The van der Waals surface area contributed by atoms with Crippen molar-refractivity contribution in [2.75, 3.05) is 5.09 Å². The quantitative estimate of drug-likeness (QED) is 0.351. The van der Waals surface area contributed by atoms with E-state index in [4.69, 9.17) is 16.6 Å². The number of fused-ring (bicyclic) bond motifs is 1. The van der Waals surface area contributed by atoms with Crippen LogP contribution in [0.1, 0.15) is 0 Å². The molecule has 4 aromatic rings. The second-order valence-corrected chi connectivity index (χ2v) is 12.9. The summed E-state index contributed by atoms with van der Waals surface area (Å²) in [5.41, 5.74) is -0.961. The molecule has 0 saturated heterocycles. The van der Waals surface area contributed by atoms with E-state index < -0.39 is 5.66 Å². The third-order valence-electron chi connectivity index (χ3n) is 3.84. The van der Waals surface area contributed by atoms with E-state index in [0.717, 1.165) is 20.4 Å². The summed E-state index contributed by atoms with van der Waals surface area (Å²) in [6, 6.07) is 26.8. The van der Waals surface area contributed by atoms with Crippen molar-refractivity contribution in [3.05, 3.63) is 83.9 Å². The van der Waals surface area contributed by atoms with Crippen LogP contribution >= 0.6 is 28.6 Å². The van der Waals surface area contributed by atoms with Crippen molar-refractivity contribution < 1.29 is 0 Å². The van der Waals surface area contributed by atoms with Crippen LogP contribution in [0.15, 0.2) is 78.9 Å². The predicted molar refractivity (Wildman–Crippen MR) is 113 cm³/mol. The number of hydrogen-bond acceptors (Lipinski definition) is 3. The average molecular weight is 448 g/mol. The van der Waals surface area contributed by atoms with E-state index in [1.165, 1.54) is 10.6 Å². The molecular formula is C19H14ClN2PSSe. The average Bonchev–Trinajstić information content (AvgIpc) is 3.04. The number of rotatable bonds is 4. The number of hydrogen-bond donors (Lipinski definition) is 1. The Labute approximate surface area is 163 Å². The van der Waals surface area contributed by atoms with Gasteiger partial charge >= 0.3 is 164 Å². The Kier molecular flexibility index (Phi) is 4.82. The molecule has 1 aromatic heterocycles. The van der Waals surface area contributed by atoms with Gasteiger partial charge in [0.25, 0.3) is 0 Å². The molecule has 0 aliphatic carbocycles. The molecule has 0 aliphatic heterocycles. The molecule has 2 nitrogen and oxygen atoms in total. The minimum atomic E-state index is -1.92. The van der Waals surface area contributed by atoms with Gasteiger partial charge in [0.05, 0.1) is 0 Å². The first-order chi connectivity index (χ1) is 12.1. The van der Waals surface area contributed by atoms with Crippen LogP contribution < -0.4 is 15.7 Å². The van der Waals surface area contributed by atoms with Crippen LogP contribution in [0, 0.1) is 0 Å². The van der Waals surface area contributed by atoms with E-state index in [9.17, 15) is 0 Å². The summed E-state index contributed by atoms with van der Waals surface area (Å²) in [6.45, 7) is 0. The summed E-state index contributed by atoms with van der Waals surface area (Å²) in [5.74, 6) is 0. The Hall–Kier alpha value is -1.41. The number of nitrogens with zero attached hydrogens (tertiary/aromatic N) is 1. The van der Waals surface area contributed by atoms with Crippen molar-refractivity contribution in [1.29, 1.82) is 0 Å². The van der Waals surface area contributed by atoms with Gasteiger partial charge in [0.15, 0.2) is 0 Å². The van der Waals surface area contributed by atoms with Crippen molar-refractivity contribution in [2.24, 2.45) is 0 Å². The Morgan fingerprint density at radius 3 is 2.08 bits per heavy atom. The van der Waals surface area contributed by atoms with Gasteiger partial charge < -0.3 is 0 Å². The second kappa shape index (κ2) is 7.07. The van der Waals surface area contributed by atoms with Gasteiger partial charge in [0.1, 0.15) is 0 Å². The first-order valence-electron chi connectivity index (χ1n) is 7.71. The van der Waals surface area contributed by atoms with Crippen molar-refractivity contribution in [3.63, 3.8) is 0 Å². The van der Waals surface area contributed by atoms with Crippen LogP contribution in [0.4, 0.5) is 5.13 Å². The number of thiazole rings is 1. The zero-order valence-corrected chi connectivity index (χ0v) is 17.3. The Morgan fingerprint density at radius 2 is 1.48 bits per heavy atom. The number of halogens is 1. The van der Waals surface area contributed by atoms with Crippen molar-refractivity contribution in [1.82, 2.24) is 4.98 Å². The molecule has 0 bridgehead atoms. The Morgan fingerprint density at radius 1 is 0.880 bits per heavy atom. The molecule has 0 fully saturated rings. The van der Waals surface area contributed by atoms with Crippen molar-refractivity contribution >= 4 is 69.7 Å². The van der Waals surface area contributed by atoms with Gasteiger partial charge in [-0.05, 0) is 0 Å². The zero-order valence-electron chi connectivity index (χ0n) is 13.1. The molecular weight excluding hydrogens is 434 g/mol. The maximum absolute atomic E-state index is 6.11. The molecule has 124 valence electrons. The molecule has 0 radical (unpaired) electrons. The van der Waals surface area contributed by atoms with E-state index in [0.29, 0.717) is 0 Å². The fourth-order valence-corrected chi connectivity index (χ4v) is 8.75. The molecule has 4 rings (SSSR count). The van der Waals surface area contributed by atoms with Crippen LogP contribution in [0.25, 0.3) is 10.2 Å². The van der Waals surface area contributed by atoms with E-state index in [2.05, 4.69) is 68.7 Å². The topological polar surface area (TPSA) is 24.9 Å². The van der Waals surface area contributed by atoms with E-state index in [1.807, 2.05) is 30.3 Å². The fraction of sp³-hybridized carbons (Fsp3) is 0. The Balaban J connectivity index is 1.82. The molecule has 0 spiro atoms. The molecule has 1 heterocycles. The Bertz CT molecular complexity index is 1020. The molecule has 0 aliphatic rings. The van der Waals surface area contributed by atoms with Gasteiger partial charge in [-0.15, -0.1) is 0 Å². The molecule has 0 saturated carbocycles. The van der Waals surface area contributed by atoms with Gasteiger partial charge in [-0.25, -0.2) is 0 Å². The molecule has 0 unspecified atom stereocenters. The molecule has 1 N–H and O–H groups in total. The fourth-order valence-electron chi connectivity index (χ4n) is 2.63. The van der Waals surface area contributed by atoms with Gasteiger partial charge in [0.2, 0.25) is 0 Å². The number of benzene rings is 3. The molecule has 25 heavy (non-hydrogen) atoms. The predicted octanol–water partition coefficient (Wildman–Crippen LogP) is 5.03. The summed E-state index contributed by atoms with van der Waals surface area (Å²) in [6.07, 6.45) is 0. The monoisotopic (exact) mass is 448 g/mol. The van der Waals surface area contributed by atoms with Crippen LogP contribution in [-0.4, -0.2) is 20.1 Å². The zero-order chi connectivity index (χ0) is 17.3. The number of anilines is 1. The first-order valence-corrected chi connectivity index (χ1v) is 12.9.